The average molecular weight is 428 g/mol. The van der Waals surface area contributed by atoms with Crippen LogP contribution in [-0.2, 0) is 20.7 Å². The first-order valence-electron chi connectivity index (χ1n) is 10.5. The van der Waals surface area contributed by atoms with Crippen LogP contribution in [0, 0.1) is 0 Å². The summed E-state index contributed by atoms with van der Waals surface area (Å²) < 4.78 is 10.3. The van der Waals surface area contributed by atoms with Crippen LogP contribution in [0.5, 0.6) is 0 Å². The van der Waals surface area contributed by atoms with E-state index in [0.717, 1.165) is 16.7 Å². The number of nitrogens with one attached hydrogen (secondary N) is 1. The molecule has 31 heavy (non-hydrogen) atoms. The molecule has 2 N–H and O–H groups in total. The Labute approximate surface area is 184 Å². The van der Waals surface area contributed by atoms with Gasteiger partial charge in [-0.15, -0.1) is 0 Å². The predicted molar refractivity (Wildman–Crippen MR) is 121 cm³/mol. The SMILES string of the molecule is CCOC(=O)C(C)(O)C[C@@H](Cc1ccc(-c2ccccc2)cc1)NC(=O)OC(C)(C)C. The van der Waals surface area contributed by atoms with Crippen LogP contribution in [-0.4, -0.2) is 41.0 Å². The Morgan fingerprint density at radius 3 is 2.10 bits per heavy atom. The van der Waals surface area contributed by atoms with Crippen molar-refractivity contribution in [1.29, 1.82) is 0 Å². The molecule has 6 nitrogen and oxygen atoms in total. The minimum Gasteiger partial charge on any atom is -0.464 e. The van der Waals surface area contributed by atoms with Crippen molar-refractivity contribution in [3.63, 3.8) is 0 Å². The van der Waals surface area contributed by atoms with Crippen molar-refractivity contribution in [2.24, 2.45) is 0 Å². The molecule has 0 aromatic heterocycles. The Morgan fingerprint density at radius 1 is 0.968 bits per heavy atom. The summed E-state index contributed by atoms with van der Waals surface area (Å²) in [6.45, 7) is 8.57. The largest absolute Gasteiger partial charge is 0.464 e. The van der Waals surface area contributed by atoms with Crippen molar-refractivity contribution >= 4 is 12.1 Å². The van der Waals surface area contributed by atoms with Crippen molar-refractivity contribution in [1.82, 2.24) is 5.32 Å². The van der Waals surface area contributed by atoms with Gasteiger partial charge in [-0.05, 0) is 57.7 Å². The van der Waals surface area contributed by atoms with Gasteiger partial charge in [-0.1, -0.05) is 54.6 Å². The van der Waals surface area contributed by atoms with Crippen LogP contribution in [0.2, 0.25) is 0 Å². The van der Waals surface area contributed by atoms with Gasteiger partial charge in [-0.2, -0.15) is 0 Å². The number of ether oxygens (including phenoxy) is 2. The van der Waals surface area contributed by atoms with Gasteiger partial charge in [0.1, 0.15) is 5.60 Å². The van der Waals surface area contributed by atoms with Crippen LogP contribution >= 0.6 is 0 Å². The maximum absolute atomic E-state index is 12.3. The maximum Gasteiger partial charge on any atom is 0.407 e. The molecule has 0 fully saturated rings. The molecule has 0 aliphatic heterocycles. The molecule has 0 bridgehead atoms. The van der Waals surface area contributed by atoms with Gasteiger partial charge in [-0.25, -0.2) is 9.59 Å². The Kier molecular flexibility index (Phi) is 8.22. The standard InChI is InChI=1S/C25H33NO5/c1-6-30-22(27)25(5,29)17-21(26-23(28)31-24(2,3)4)16-18-12-14-20(15-13-18)19-10-8-7-9-11-19/h7-15,21,29H,6,16-17H2,1-5H3,(H,26,28)/t21-,25?/m1/s1. The molecule has 2 aromatic rings. The highest BCUT2D eigenvalue weighted by Gasteiger charge is 2.36. The highest BCUT2D eigenvalue weighted by Crippen LogP contribution is 2.22. The molecule has 1 amide bonds. The number of alkyl carbamates (subject to hydrolysis) is 1. The Balaban J connectivity index is 2.17. The summed E-state index contributed by atoms with van der Waals surface area (Å²) >= 11 is 0. The van der Waals surface area contributed by atoms with Crippen molar-refractivity contribution in [2.45, 2.75) is 64.7 Å². The zero-order valence-electron chi connectivity index (χ0n) is 19.0. The van der Waals surface area contributed by atoms with Gasteiger partial charge in [-0.3, -0.25) is 0 Å². The van der Waals surface area contributed by atoms with E-state index >= 15 is 0 Å². The highest BCUT2D eigenvalue weighted by atomic mass is 16.6. The van der Waals surface area contributed by atoms with E-state index in [-0.39, 0.29) is 13.0 Å². The summed E-state index contributed by atoms with van der Waals surface area (Å²) in [4.78, 5) is 24.5. The molecule has 2 rings (SSSR count). The minimum atomic E-state index is -1.74. The number of rotatable bonds is 8. The van der Waals surface area contributed by atoms with Gasteiger partial charge in [0.15, 0.2) is 5.60 Å². The molecular weight excluding hydrogens is 394 g/mol. The normalized spacial score (nSPS) is 14.3. The summed E-state index contributed by atoms with van der Waals surface area (Å²) in [6.07, 6.45) is -0.187. The van der Waals surface area contributed by atoms with Gasteiger partial charge in [0.05, 0.1) is 6.61 Å². The van der Waals surface area contributed by atoms with Crippen LogP contribution in [0.4, 0.5) is 4.79 Å². The van der Waals surface area contributed by atoms with Crippen LogP contribution in [0.1, 0.15) is 46.6 Å². The summed E-state index contributed by atoms with van der Waals surface area (Å²) in [5.74, 6) is -0.717. The second kappa shape index (κ2) is 10.4. The number of amides is 1. The fourth-order valence-electron chi connectivity index (χ4n) is 3.25. The fourth-order valence-corrected chi connectivity index (χ4v) is 3.25. The lowest BCUT2D eigenvalue weighted by Gasteiger charge is -2.28. The van der Waals surface area contributed by atoms with Gasteiger partial charge in [0.2, 0.25) is 0 Å². The quantitative estimate of drug-likeness (QED) is 0.606. The molecule has 0 spiro atoms. The summed E-state index contributed by atoms with van der Waals surface area (Å²) in [6, 6.07) is 17.5. The van der Waals surface area contributed by atoms with E-state index in [1.807, 2.05) is 54.6 Å². The Hall–Kier alpha value is -2.86. The first-order chi connectivity index (χ1) is 14.5. The second-order valence-corrected chi connectivity index (χ2v) is 8.81. The zero-order valence-corrected chi connectivity index (χ0v) is 19.0. The molecule has 1 unspecified atom stereocenters. The number of esters is 1. The molecule has 0 heterocycles. The van der Waals surface area contributed by atoms with E-state index in [1.54, 1.807) is 27.7 Å². The average Bonchev–Trinajstić information content (AvgIpc) is 2.67. The third-order valence-electron chi connectivity index (χ3n) is 4.62. The highest BCUT2D eigenvalue weighted by molar-refractivity contribution is 5.79. The molecule has 168 valence electrons. The number of aliphatic hydroxyl groups is 1. The monoisotopic (exact) mass is 427 g/mol. The first kappa shape index (κ1) is 24.4. The van der Waals surface area contributed by atoms with E-state index in [2.05, 4.69) is 5.32 Å². The van der Waals surface area contributed by atoms with Crippen LogP contribution in [0.3, 0.4) is 0 Å². The molecular formula is C25H33NO5. The lowest BCUT2D eigenvalue weighted by atomic mass is 9.92. The van der Waals surface area contributed by atoms with Crippen LogP contribution in [0.15, 0.2) is 54.6 Å². The molecule has 2 atom stereocenters. The minimum absolute atomic E-state index is 0.00842. The van der Waals surface area contributed by atoms with Gasteiger partial charge in [0, 0.05) is 12.5 Å². The molecule has 0 saturated carbocycles. The topological polar surface area (TPSA) is 84.9 Å². The number of hydrogen-bond donors (Lipinski definition) is 2. The Morgan fingerprint density at radius 2 is 1.55 bits per heavy atom. The zero-order chi connectivity index (χ0) is 23.1. The molecule has 0 saturated heterocycles. The smallest absolute Gasteiger partial charge is 0.407 e. The van der Waals surface area contributed by atoms with Gasteiger partial charge >= 0.3 is 12.1 Å². The van der Waals surface area contributed by atoms with Crippen LogP contribution in [0.25, 0.3) is 11.1 Å². The van der Waals surface area contributed by atoms with E-state index in [1.165, 1.54) is 6.92 Å². The van der Waals surface area contributed by atoms with E-state index < -0.39 is 29.3 Å². The van der Waals surface area contributed by atoms with Gasteiger partial charge < -0.3 is 19.9 Å². The van der Waals surface area contributed by atoms with E-state index in [0.29, 0.717) is 6.42 Å². The second-order valence-electron chi connectivity index (χ2n) is 8.81. The molecule has 2 aromatic carbocycles. The van der Waals surface area contributed by atoms with Crippen molar-refractivity contribution in [2.75, 3.05) is 6.61 Å². The van der Waals surface area contributed by atoms with Crippen molar-refractivity contribution < 1.29 is 24.2 Å². The third-order valence-corrected chi connectivity index (χ3v) is 4.62. The fraction of sp³-hybridized carbons (Fsp3) is 0.440. The predicted octanol–water partition coefficient (Wildman–Crippen LogP) is 4.49. The number of carbonyl (C=O) groups excluding carboxylic acids is 2. The van der Waals surface area contributed by atoms with Crippen molar-refractivity contribution in [3.05, 3.63) is 60.2 Å². The summed E-state index contributed by atoms with van der Waals surface area (Å²) in [7, 11) is 0. The van der Waals surface area contributed by atoms with Crippen LogP contribution < -0.4 is 5.32 Å². The molecule has 0 radical (unpaired) electrons. The molecule has 6 heteroatoms. The first-order valence-corrected chi connectivity index (χ1v) is 10.5. The third kappa shape index (κ3) is 8.06. The summed E-state index contributed by atoms with van der Waals surface area (Å²) in [5.41, 5.74) is 0.762. The lowest BCUT2D eigenvalue weighted by Crippen LogP contribution is -2.47. The Bertz CT molecular complexity index is 854. The summed E-state index contributed by atoms with van der Waals surface area (Å²) in [5, 5.41) is 13.4. The van der Waals surface area contributed by atoms with E-state index in [4.69, 9.17) is 9.47 Å². The van der Waals surface area contributed by atoms with Crippen molar-refractivity contribution in [3.8, 4) is 11.1 Å². The number of carbonyl (C=O) groups is 2. The number of benzene rings is 2. The lowest BCUT2D eigenvalue weighted by molar-refractivity contribution is -0.164. The van der Waals surface area contributed by atoms with Gasteiger partial charge in [0.25, 0.3) is 0 Å². The molecule has 0 aliphatic rings. The van der Waals surface area contributed by atoms with E-state index in [9.17, 15) is 14.7 Å². The maximum atomic E-state index is 12.3. The number of hydrogen-bond acceptors (Lipinski definition) is 5. The molecule has 0 aliphatic carbocycles.